The predicted molar refractivity (Wildman–Crippen MR) is 72.5 cm³/mol. The number of nitrogens with one attached hydrogen (secondary N) is 2. The first-order chi connectivity index (χ1) is 9.67. The summed E-state index contributed by atoms with van der Waals surface area (Å²) in [6.45, 7) is 3.75. The standard InChI is InChI=1S/C14H18N4O2/c1-3-12-16-8(2)13(20-12)14(19)17-10-5-4-9-7-15-18-11(9)6-10/h7,10H,3-6H2,1-2H3,(H,15,18)(H,17,19)/t10-/m1/s1. The molecule has 2 aromatic rings. The Morgan fingerprint density at radius 3 is 3.20 bits per heavy atom. The zero-order valence-corrected chi connectivity index (χ0v) is 11.7. The molecule has 0 saturated carbocycles. The number of fused-ring (bicyclic) bond motifs is 1. The lowest BCUT2D eigenvalue weighted by molar-refractivity contribution is 0.0903. The lowest BCUT2D eigenvalue weighted by Gasteiger charge is -2.22. The lowest BCUT2D eigenvalue weighted by atomic mass is 9.94. The van der Waals surface area contributed by atoms with Crippen LogP contribution in [-0.2, 0) is 19.3 Å². The first kappa shape index (κ1) is 12.9. The van der Waals surface area contributed by atoms with E-state index in [4.69, 9.17) is 4.42 Å². The number of aromatic amines is 1. The number of carbonyl (C=O) groups excluding carboxylic acids is 1. The van der Waals surface area contributed by atoms with E-state index in [0.29, 0.717) is 23.8 Å². The van der Waals surface area contributed by atoms with Crippen molar-refractivity contribution in [2.75, 3.05) is 0 Å². The minimum absolute atomic E-state index is 0.116. The van der Waals surface area contributed by atoms with Crippen molar-refractivity contribution in [3.05, 3.63) is 34.8 Å². The van der Waals surface area contributed by atoms with Crippen molar-refractivity contribution < 1.29 is 9.21 Å². The number of aromatic nitrogens is 3. The molecule has 20 heavy (non-hydrogen) atoms. The van der Waals surface area contributed by atoms with E-state index in [0.717, 1.165) is 25.0 Å². The minimum atomic E-state index is -0.178. The van der Waals surface area contributed by atoms with Gasteiger partial charge < -0.3 is 9.73 Å². The molecule has 1 aliphatic carbocycles. The molecule has 0 radical (unpaired) electrons. The number of H-pyrrole nitrogens is 1. The van der Waals surface area contributed by atoms with Gasteiger partial charge in [-0.15, -0.1) is 0 Å². The van der Waals surface area contributed by atoms with Crippen molar-refractivity contribution in [1.29, 1.82) is 0 Å². The average Bonchev–Trinajstić information content (AvgIpc) is 3.04. The maximum atomic E-state index is 12.2. The van der Waals surface area contributed by atoms with Crippen LogP contribution in [0.2, 0.25) is 0 Å². The zero-order valence-electron chi connectivity index (χ0n) is 11.7. The van der Waals surface area contributed by atoms with Crippen LogP contribution >= 0.6 is 0 Å². The molecule has 6 heteroatoms. The van der Waals surface area contributed by atoms with E-state index in [1.807, 2.05) is 13.1 Å². The van der Waals surface area contributed by atoms with Crippen LogP contribution in [0.1, 0.15) is 46.7 Å². The van der Waals surface area contributed by atoms with Crippen molar-refractivity contribution in [2.24, 2.45) is 0 Å². The number of amides is 1. The first-order valence-corrected chi connectivity index (χ1v) is 6.95. The van der Waals surface area contributed by atoms with Gasteiger partial charge in [-0.1, -0.05) is 6.92 Å². The van der Waals surface area contributed by atoms with Gasteiger partial charge in [0.1, 0.15) is 0 Å². The van der Waals surface area contributed by atoms with E-state index < -0.39 is 0 Å². The van der Waals surface area contributed by atoms with Crippen molar-refractivity contribution in [3.8, 4) is 0 Å². The van der Waals surface area contributed by atoms with Crippen LogP contribution in [0.15, 0.2) is 10.6 Å². The van der Waals surface area contributed by atoms with E-state index in [1.165, 1.54) is 5.56 Å². The second kappa shape index (κ2) is 5.11. The third-order valence-corrected chi connectivity index (χ3v) is 3.70. The predicted octanol–water partition coefficient (Wildman–Crippen LogP) is 1.56. The highest BCUT2D eigenvalue weighted by molar-refractivity contribution is 5.92. The van der Waals surface area contributed by atoms with Crippen LogP contribution in [0.3, 0.4) is 0 Å². The molecule has 0 saturated heterocycles. The number of hydrogen-bond donors (Lipinski definition) is 2. The summed E-state index contributed by atoms with van der Waals surface area (Å²) in [4.78, 5) is 16.5. The quantitative estimate of drug-likeness (QED) is 0.889. The Morgan fingerprint density at radius 2 is 2.45 bits per heavy atom. The van der Waals surface area contributed by atoms with E-state index in [1.54, 1.807) is 6.92 Å². The maximum absolute atomic E-state index is 12.2. The summed E-state index contributed by atoms with van der Waals surface area (Å²) in [5, 5.41) is 10.0. The highest BCUT2D eigenvalue weighted by Gasteiger charge is 2.24. The van der Waals surface area contributed by atoms with E-state index in [9.17, 15) is 4.79 Å². The number of nitrogens with zero attached hydrogens (tertiary/aromatic N) is 2. The highest BCUT2D eigenvalue weighted by atomic mass is 16.4. The molecule has 106 valence electrons. The van der Waals surface area contributed by atoms with Gasteiger partial charge in [-0.3, -0.25) is 9.89 Å². The second-order valence-electron chi connectivity index (χ2n) is 5.16. The van der Waals surface area contributed by atoms with Gasteiger partial charge >= 0.3 is 0 Å². The van der Waals surface area contributed by atoms with Crippen LogP contribution in [0.25, 0.3) is 0 Å². The normalized spacial score (nSPS) is 17.8. The molecule has 1 atom stereocenters. The number of oxazole rings is 1. The van der Waals surface area contributed by atoms with Crippen LogP contribution in [0.4, 0.5) is 0 Å². The molecule has 0 aromatic carbocycles. The Hall–Kier alpha value is -2.11. The molecule has 0 fully saturated rings. The van der Waals surface area contributed by atoms with Gasteiger partial charge in [0.15, 0.2) is 5.89 Å². The van der Waals surface area contributed by atoms with Crippen molar-refractivity contribution >= 4 is 5.91 Å². The molecule has 2 aromatic heterocycles. The number of carbonyl (C=O) groups is 1. The Morgan fingerprint density at radius 1 is 1.60 bits per heavy atom. The topological polar surface area (TPSA) is 83.8 Å². The average molecular weight is 274 g/mol. The van der Waals surface area contributed by atoms with Gasteiger partial charge in [-0.25, -0.2) is 4.98 Å². The summed E-state index contributed by atoms with van der Waals surface area (Å²) in [5.41, 5.74) is 3.02. The lowest BCUT2D eigenvalue weighted by Crippen LogP contribution is -2.38. The fourth-order valence-electron chi connectivity index (χ4n) is 2.60. The summed E-state index contributed by atoms with van der Waals surface area (Å²) in [7, 11) is 0. The number of rotatable bonds is 3. The largest absolute Gasteiger partial charge is 0.435 e. The Bertz CT molecular complexity index is 629. The molecule has 3 rings (SSSR count). The smallest absolute Gasteiger partial charge is 0.289 e. The summed E-state index contributed by atoms with van der Waals surface area (Å²) in [6.07, 6.45) is 5.20. The van der Waals surface area contributed by atoms with Gasteiger partial charge in [-0.2, -0.15) is 5.10 Å². The summed E-state index contributed by atoms with van der Waals surface area (Å²) >= 11 is 0. The van der Waals surface area contributed by atoms with Crippen LogP contribution < -0.4 is 5.32 Å². The van der Waals surface area contributed by atoms with E-state index in [2.05, 4.69) is 20.5 Å². The monoisotopic (exact) mass is 274 g/mol. The van der Waals surface area contributed by atoms with Gasteiger partial charge in [0, 0.05) is 24.6 Å². The number of hydrogen-bond acceptors (Lipinski definition) is 4. The molecule has 0 spiro atoms. The molecular weight excluding hydrogens is 256 g/mol. The third-order valence-electron chi connectivity index (χ3n) is 3.70. The highest BCUT2D eigenvalue weighted by Crippen LogP contribution is 2.19. The van der Waals surface area contributed by atoms with E-state index in [-0.39, 0.29) is 11.9 Å². The molecule has 6 nitrogen and oxygen atoms in total. The van der Waals surface area contributed by atoms with Crippen LogP contribution in [-0.4, -0.2) is 27.1 Å². The zero-order chi connectivity index (χ0) is 14.1. The molecule has 1 amide bonds. The van der Waals surface area contributed by atoms with Crippen molar-refractivity contribution in [2.45, 2.75) is 45.6 Å². The Labute approximate surface area is 117 Å². The maximum Gasteiger partial charge on any atom is 0.289 e. The molecule has 2 N–H and O–H groups in total. The molecule has 0 aliphatic heterocycles. The molecule has 0 bridgehead atoms. The van der Waals surface area contributed by atoms with Gasteiger partial charge in [0.05, 0.1) is 11.9 Å². The fourth-order valence-corrected chi connectivity index (χ4v) is 2.60. The van der Waals surface area contributed by atoms with E-state index >= 15 is 0 Å². The molecular formula is C14H18N4O2. The number of aryl methyl sites for hydroxylation is 3. The second-order valence-corrected chi connectivity index (χ2v) is 5.16. The third kappa shape index (κ3) is 2.33. The SMILES string of the molecule is CCc1nc(C)c(C(=O)N[C@@H]2CCc3cn[nH]c3C2)o1. The van der Waals surface area contributed by atoms with Crippen molar-refractivity contribution in [1.82, 2.24) is 20.5 Å². The van der Waals surface area contributed by atoms with Crippen LogP contribution in [0.5, 0.6) is 0 Å². The summed E-state index contributed by atoms with van der Waals surface area (Å²) < 4.78 is 5.48. The summed E-state index contributed by atoms with van der Waals surface area (Å²) in [5.74, 6) is 0.757. The van der Waals surface area contributed by atoms with Crippen LogP contribution in [0, 0.1) is 6.92 Å². The van der Waals surface area contributed by atoms with Crippen molar-refractivity contribution in [3.63, 3.8) is 0 Å². The van der Waals surface area contributed by atoms with Gasteiger partial charge in [0.2, 0.25) is 5.76 Å². The molecule has 1 aliphatic rings. The molecule has 0 unspecified atom stereocenters. The Kier molecular flexibility index (Phi) is 3.30. The minimum Gasteiger partial charge on any atom is -0.435 e. The first-order valence-electron chi connectivity index (χ1n) is 6.95. The van der Waals surface area contributed by atoms with Gasteiger partial charge in [-0.05, 0) is 25.3 Å². The molecule has 2 heterocycles. The fraction of sp³-hybridized carbons (Fsp3) is 0.500. The van der Waals surface area contributed by atoms with Gasteiger partial charge in [0.25, 0.3) is 5.91 Å². The Balaban J connectivity index is 1.69. The summed E-state index contributed by atoms with van der Waals surface area (Å²) in [6, 6.07) is 0.116.